The zero-order valence-corrected chi connectivity index (χ0v) is 14.4. The molecule has 134 valence electrons. The van der Waals surface area contributed by atoms with Crippen molar-refractivity contribution in [1.82, 2.24) is 15.3 Å². The van der Waals surface area contributed by atoms with Gasteiger partial charge >= 0.3 is 0 Å². The lowest BCUT2D eigenvalue weighted by Gasteiger charge is -2.21. The molecule has 0 radical (unpaired) electrons. The van der Waals surface area contributed by atoms with Gasteiger partial charge in [-0.25, -0.2) is 9.97 Å². The Morgan fingerprint density at radius 3 is 3.04 bits per heavy atom. The van der Waals surface area contributed by atoms with Crippen molar-refractivity contribution in [1.29, 1.82) is 0 Å². The minimum Gasteiger partial charge on any atom is -0.386 e. The molecule has 2 saturated heterocycles. The molecular weight excluding hydrogens is 322 g/mol. The van der Waals surface area contributed by atoms with Gasteiger partial charge in [0.05, 0.1) is 12.6 Å². The Morgan fingerprint density at radius 2 is 2.28 bits per heavy atom. The summed E-state index contributed by atoms with van der Waals surface area (Å²) in [6.07, 6.45) is 7.13. The molecule has 3 aliphatic rings. The molecule has 3 aliphatic heterocycles. The maximum Gasteiger partial charge on any atom is 0.269 e. The molecule has 4 rings (SSSR count). The molecule has 1 amide bonds. The first-order chi connectivity index (χ1) is 12.1. The number of carbonyl (C=O) groups excluding carboxylic acids is 1. The topological polar surface area (TPSA) is 88.9 Å². The van der Waals surface area contributed by atoms with Crippen LogP contribution in [0.2, 0.25) is 0 Å². The Balaban J connectivity index is 1.31. The third kappa shape index (κ3) is 3.44. The molecule has 0 unspecified atom stereocenters. The average Bonchev–Trinajstić information content (AvgIpc) is 3.36. The molecule has 8 heteroatoms. The Bertz CT molecular complexity index is 671. The fourth-order valence-corrected chi connectivity index (χ4v) is 3.54. The van der Waals surface area contributed by atoms with E-state index in [9.17, 15) is 4.79 Å². The van der Waals surface area contributed by atoms with Crippen LogP contribution in [0.3, 0.4) is 0 Å². The summed E-state index contributed by atoms with van der Waals surface area (Å²) in [5.74, 6) is 0.541. The van der Waals surface area contributed by atoms with Crippen molar-refractivity contribution in [3.05, 3.63) is 18.0 Å². The molecule has 1 aromatic heterocycles. The van der Waals surface area contributed by atoms with Gasteiger partial charge in [0.15, 0.2) is 5.60 Å². The first-order valence-corrected chi connectivity index (χ1v) is 8.82. The highest BCUT2D eigenvalue weighted by Crippen LogP contribution is 2.35. The van der Waals surface area contributed by atoms with Crippen LogP contribution in [-0.4, -0.2) is 59.5 Å². The lowest BCUT2D eigenvalue weighted by atomic mass is 9.96. The van der Waals surface area contributed by atoms with Gasteiger partial charge in [0.2, 0.25) is 5.95 Å². The number of nitrogens with one attached hydrogen (secondary N) is 1. The summed E-state index contributed by atoms with van der Waals surface area (Å²) >= 11 is 0. The van der Waals surface area contributed by atoms with Crippen LogP contribution in [0.15, 0.2) is 17.5 Å². The lowest BCUT2D eigenvalue weighted by molar-refractivity contribution is -0.115. The fourth-order valence-electron chi connectivity index (χ4n) is 3.54. The normalized spacial score (nSPS) is 28.3. The van der Waals surface area contributed by atoms with Crippen LogP contribution in [0, 0.1) is 6.92 Å². The van der Waals surface area contributed by atoms with Crippen molar-refractivity contribution in [2.45, 2.75) is 44.3 Å². The summed E-state index contributed by atoms with van der Waals surface area (Å²) in [5.41, 5.74) is 1.05. The molecule has 8 nitrogen and oxygen atoms in total. The van der Waals surface area contributed by atoms with Crippen molar-refractivity contribution >= 4 is 17.6 Å². The van der Waals surface area contributed by atoms with E-state index in [1.807, 2.05) is 19.3 Å². The molecule has 0 aliphatic carbocycles. The Morgan fingerprint density at radius 1 is 1.44 bits per heavy atom. The number of carbonyl (C=O) groups is 1. The van der Waals surface area contributed by atoms with Crippen molar-refractivity contribution in [2.75, 3.05) is 31.1 Å². The van der Waals surface area contributed by atoms with Crippen LogP contribution < -0.4 is 10.2 Å². The summed E-state index contributed by atoms with van der Waals surface area (Å²) in [7, 11) is 0. The molecule has 0 saturated carbocycles. The first-order valence-electron chi connectivity index (χ1n) is 8.82. The number of anilines is 1. The minimum atomic E-state index is -0.440. The van der Waals surface area contributed by atoms with Crippen molar-refractivity contribution < 1.29 is 14.4 Å². The van der Waals surface area contributed by atoms with Crippen molar-refractivity contribution in [3.63, 3.8) is 0 Å². The maximum atomic E-state index is 12.3. The van der Waals surface area contributed by atoms with E-state index in [1.165, 1.54) is 0 Å². The van der Waals surface area contributed by atoms with Crippen LogP contribution in [0.4, 0.5) is 5.95 Å². The van der Waals surface area contributed by atoms with Gasteiger partial charge < -0.3 is 19.8 Å². The van der Waals surface area contributed by atoms with Gasteiger partial charge in [-0.15, -0.1) is 0 Å². The van der Waals surface area contributed by atoms with Gasteiger partial charge in [0.1, 0.15) is 5.71 Å². The van der Waals surface area contributed by atoms with E-state index in [-0.39, 0.29) is 12.0 Å². The predicted octanol–water partition coefficient (Wildman–Crippen LogP) is 0.805. The predicted molar refractivity (Wildman–Crippen MR) is 91.5 cm³/mol. The molecule has 1 aromatic rings. The quantitative estimate of drug-likeness (QED) is 0.868. The second-order valence-electron chi connectivity index (χ2n) is 7.07. The van der Waals surface area contributed by atoms with E-state index in [0.29, 0.717) is 31.2 Å². The number of ether oxygens (including phenoxy) is 1. The Labute approximate surface area is 146 Å². The maximum absolute atomic E-state index is 12.3. The van der Waals surface area contributed by atoms with E-state index >= 15 is 0 Å². The summed E-state index contributed by atoms with van der Waals surface area (Å²) in [4.78, 5) is 28.8. The molecule has 0 aromatic carbocycles. The molecule has 2 atom stereocenters. The zero-order valence-electron chi connectivity index (χ0n) is 14.4. The highest BCUT2D eigenvalue weighted by Gasteiger charge is 2.47. The van der Waals surface area contributed by atoms with Crippen LogP contribution in [0.1, 0.15) is 31.2 Å². The van der Waals surface area contributed by atoms with Crippen LogP contribution in [0.25, 0.3) is 0 Å². The number of aromatic nitrogens is 2. The number of nitrogens with zero attached hydrogens (tertiary/aromatic N) is 4. The Hall–Kier alpha value is -2.22. The molecular formula is C17H23N5O3. The molecule has 2 fully saturated rings. The molecule has 1 spiro atoms. The van der Waals surface area contributed by atoms with E-state index in [2.05, 4.69) is 25.3 Å². The van der Waals surface area contributed by atoms with Crippen molar-refractivity contribution in [3.8, 4) is 0 Å². The number of oxime groups is 1. The lowest BCUT2D eigenvalue weighted by Crippen LogP contribution is -2.39. The number of hydrogen-bond donors (Lipinski definition) is 1. The van der Waals surface area contributed by atoms with Crippen LogP contribution in [-0.2, 0) is 14.4 Å². The Kier molecular flexibility index (Phi) is 4.29. The average molecular weight is 345 g/mol. The van der Waals surface area contributed by atoms with E-state index in [0.717, 1.165) is 38.0 Å². The third-order valence-electron chi connectivity index (χ3n) is 4.98. The van der Waals surface area contributed by atoms with Gasteiger partial charge in [-0.05, 0) is 25.3 Å². The number of aryl methyl sites for hydroxylation is 1. The zero-order chi connectivity index (χ0) is 17.3. The summed E-state index contributed by atoms with van der Waals surface area (Å²) in [6.45, 7) is 4.72. The van der Waals surface area contributed by atoms with Gasteiger partial charge in [-0.2, -0.15) is 0 Å². The van der Waals surface area contributed by atoms with Crippen molar-refractivity contribution in [2.24, 2.45) is 5.16 Å². The number of rotatable bonds is 4. The van der Waals surface area contributed by atoms with Crippen LogP contribution in [0.5, 0.6) is 0 Å². The monoisotopic (exact) mass is 345 g/mol. The first kappa shape index (κ1) is 16.3. The van der Waals surface area contributed by atoms with E-state index < -0.39 is 5.60 Å². The standard InChI is InChI=1S/C17H23N5O3/c1-12-8-19-16(20-9-12)22-5-4-17(11-22)7-14(21-25-17)15(23)18-10-13-3-2-6-24-13/h8-9,13H,2-7,10-11H2,1H3,(H,18,23)/t13-,17+/m1/s1. The summed E-state index contributed by atoms with van der Waals surface area (Å²) < 4.78 is 5.52. The highest BCUT2D eigenvalue weighted by atomic mass is 16.7. The number of hydrogen-bond acceptors (Lipinski definition) is 7. The van der Waals surface area contributed by atoms with Gasteiger partial charge in [-0.1, -0.05) is 5.16 Å². The van der Waals surface area contributed by atoms with E-state index in [4.69, 9.17) is 9.57 Å². The van der Waals surface area contributed by atoms with Gasteiger partial charge in [0, 0.05) is 44.9 Å². The van der Waals surface area contributed by atoms with E-state index in [1.54, 1.807) is 0 Å². The van der Waals surface area contributed by atoms with Gasteiger partial charge in [-0.3, -0.25) is 4.79 Å². The largest absolute Gasteiger partial charge is 0.386 e. The third-order valence-corrected chi connectivity index (χ3v) is 4.98. The number of amides is 1. The SMILES string of the molecule is Cc1cnc(N2CC[C@]3(CC(C(=O)NC[C@H]4CCCO4)=NO3)C2)nc1. The second-order valence-corrected chi connectivity index (χ2v) is 7.07. The van der Waals surface area contributed by atoms with Crippen LogP contribution >= 0.6 is 0 Å². The molecule has 1 N–H and O–H groups in total. The molecule has 4 heterocycles. The minimum absolute atomic E-state index is 0.126. The second kappa shape index (κ2) is 6.59. The van der Waals surface area contributed by atoms with Gasteiger partial charge in [0.25, 0.3) is 5.91 Å². The molecule has 25 heavy (non-hydrogen) atoms. The smallest absolute Gasteiger partial charge is 0.269 e. The fraction of sp³-hybridized carbons (Fsp3) is 0.647. The summed E-state index contributed by atoms with van der Waals surface area (Å²) in [6, 6.07) is 0. The molecule has 0 bridgehead atoms. The highest BCUT2D eigenvalue weighted by molar-refractivity contribution is 6.39. The summed E-state index contributed by atoms with van der Waals surface area (Å²) in [5, 5.41) is 6.96.